The monoisotopic (exact) mass is 422 g/mol. The van der Waals surface area contributed by atoms with Crippen molar-refractivity contribution < 1.29 is 14.3 Å². The predicted octanol–water partition coefficient (Wildman–Crippen LogP) is 2.22. The lowest BCUT2D eigenvalue weighted by Gasteiger charge is -2.15. The van der Waals surface area contributed by atoms with E-state index in [4.69, 9.17) is 9.47 Å². The Hall–Kier alpha value is -3.73. The molecule has 5 aromatic rings. The van der Waals surface area contributed by atoms with Crippen LogP contribution in [0.3, 0.4) is 0 Å². The quantitative estimate of drug-likeness (QED) is 0.434. The smallest absolute Gasteiger partial charge is 0.339 e. The van der Waals surface area contributed by atoms with Crippen LogP contribution in [0.4, 0.5) is 0 Å². The van der Waals surface area contributed by atoms with E-state index >= 15 is 0 Å². The third kappa shape index (κ3) is 2.32. The van der Waals surface area contributed by atoms with Gasteiger partial charge in [-0.1, -0.05) is 0 Å². The van der Waals surface area contributed by atoms with Crippen molar-refractivity contribution in [3.8, 4) is 16.3 Å². The van der Waals surface area contributed by atoms with Crippen molar-refractivity contribution in [2.24, 2.45) is 0 Å². The van der Waals surface area contributed by atoms with Gasteiger partial charge in [-0.25, -0.2) is 14.0 Å². The Morgan fingerprint density at radius 1 is 1.33 bits per heavy atom. The van der Waals surface area contributed by atoms with Gasteiger partial charge in [0.1, 0.15) is 21.3 Å². The van der Waals surface area contributed by atoms with E-state index in [2.05, 4.69) is 20.2 Å². The highest BCUT2D eigenvalue weighted by Crippen LogP contribution is 2.38. The molecule has 0 saturated heterocycles. The first-order valence-corrected chi connectivity index (χ1v) is 10.1. The number of pyridine rings is 2. The number of nitrogens with one attached hydrogen (secondary N) is 1. The minimum atomic E-state index is -0.521. The highest BCUT2D eigenvalue weighted by Gasteiger charge is 2.22. The standard InChI is InChI=1S/C19H14N6O4S/c1-28-19(27)9-5-11-14(20-6-9)15-13(16(26)22-11)18-25(23-15)8-12(30-18)10-7-21-24-3-2-4-29-17(10)24/h5-8H,2-4H2,1H3,(H,22,26). The molecule has 11 heteroatoms. The van der Waals surface area contributed by atoms with Crippen LogP contribution in [-0.2, 0) is 11.3 Å². The second-order valence-corrected chi connectivity index (χ2v) is 7.95. The number of aromatic amines is 1. The highest BCUT2D eigenvalue weighted by molar-refractivity contribution is 7.21. The molecule has 0 spiro atoms. The Labute approximate surface area is 171 Å². The zero-order valence-electron chi connectivity index (χ0n) is 15.7. The van der Waals surface area contributed by atoms with E-state index in [1.807, 2.05) is 10.9 Å². The van der Waals surface area contributed by atoms with E-state index in [9.17, 15) is 9.59 Å². The summed E-state index contributed by atoms with van der Waals surface area (Å²) in [4.78, 5) is 33.4. The molecule has 0 amide bonds. The Bertz CT molecular complexity index is 1540. The molecule has 0 bridgehead atoms. The van der Waals surface area contributed by atoms with Crippen LogP contribution in [-0.4, -0.2) is 49.0 Å². The number of methoxy groups -OCH3 is 1. The summed E-state index contributed by atoms with van der Waals surface area (Å²) in [6.45, 7) is 1.49. The molecule has 0 saturated carbocycles. The number of H-pyrrole nitrogens is 1. The summed E-state index contributed by atoms with van der Waals surface area (Å²) in [6, 6.07) is 1.55. The summed E-state index contributed by atoms with van der Waals surface area (Å²) >= 11 is 1.44. The van der Waals surface area contributed by atoms with E-state index in [0.717, 1.165) is 29.3 Å². The van der Waals surface area contributed by atoms with Crippen molar-refractivity contribution in [2.75, 3.05) is 13.7 Å². The second kappa shape index (κ2) is 6.13. The van der Waals surface area contributed by atoms with Crippen LogP contribution in [0.25, 0.3) is 37.2 Å². The highest BCUT2D eigenvalue weighted by atomic mass is 32.1. The van der Waals surface area contributed by atoms with Crippen molar-refractivity contribution in [1.82, 2.24) is 29.4 Å². The zero-order chi connectivity index (χ0) is 20.4. The predicted molar refractivity (Wildman–Crippen MR) is 109 cm³/mol. The minimum Gasteiger partial charge on any atom is -0.477 e. The van der Waals surface area contributed by atoms with E-state index in [1.165, 1.54) is 24.6 Å². The normalized spacial score (nSPS) is 13.6. The molecule has 0 fully saturated rings. The number of fused-ring (bicyclic) bond motifs is 6. The third-order valence-electron chi connectivity index (χ3n) is 5.13. The van der Waals surface area contributed by atoms with Gasteiger partial charge in [-0.2, -0.15) is 10.2 Å². The molecule has 0 atom stereocenters. The summed E-state index contributed by atoms with van der Waals surface area (Å²) in [5, 5.41) is 9.45. The Balaban J connectivity index is 1.56. The molecule has 0 aliphatic carbocycles. The molecule has 0 aromatic carbocycles. The molecule has 1 aliphatic rings. The molecule has 0 radical (unpaired) electrons. The maximum absolute atomic E-state index is 12.9. The minimum absolute atomic E-state index is 0.259. The number of hydrogen-bond acceptors (Lipinski definition) is 8. The summed E-state index contributed by atoms with van der Waals surface area (Å²) < 4.78 is 14.0. The van der Waals surface area contributed by atoms with Gasteiger partial charge in [0.15, 0.2) is 0 Å². The Kier molecular flexibility index (Phi) is 3.51. The van der Waals surface area contributed by atoms with Crippen LogP contribution in [0.15, 0.2) is 29.5 Å². The first kappa shape index (κ1) is 17.2. The van der Waals surface area contributed by atoms with Crippen LogP contribution < -0.4 is 10.3 Å². The molecule has 1 aliphatic heterocycles. The van der Waals surface area contributed by atoms with Gasteiger partial charge < -0.3 is 14.5 Å². The fourth-order valence-electron chi connectivity index (χ4n) is 3.74. The number of aryl methyl sites for hydroxylation is 1. The van der Waals surface area contributed by atoms with Gasteiger partial charge in [0.05, 0.1) is 41.4 Å². The van der Waals surface area contributed by atoms with E-state index in [1.54, 1.807) is 16.8 Å². The molecular weight excluding hydrogens is 408 g/mol. The number of ether oxygens (including phenoxy) is 2. The Morgan fingerprint density at radius 2 is 2.23 bits per heavy atom. The molecule has 150 valence electrons. The maximum Gasteiger partial charge on any atom is 0.339 e. The van der Waals surface area contributed by atoms with E-state index < -0.39 is 5.97 Å². The fourth-order valence-corrected chi connectivity index (χ4v) is 4.83. The van der Waals surface area contributed by atoms with Crippen LogP contribution in [0.5, 0.6) is 5.88 Å². The van der Waals surface area contributed by atoms with Gasteiger partial charge in [-0.15, -0.1) is 11.3 Å². The lowest BCUT2D eigenvalue weighted by atomic mass is 10.2. The molecule has 5 aromatic heterocycles. The molecular formula is C19H14N6O4S. The van der Waals surface area contributed by atoms with Crippen LogP contribution in [0.1, 0.15) is 16.8 Å². The fraction of sp³-hybridized carbons (Fsp3) is 0.211. The number of carbonyl (C=O) groups is 1. The summed E-state index contributed by atoms with van der Waals surface area (Å²) in [5.41, 5.74) is 2.28. The summed E-state index contributed by atoms with van der Waals surface area (Å²) in [7, 11) is 1.29. The molecule has 30 heavy (non-hydrogen) atoms. The van der Waals surface area contributed by atoms with Crippen LogP contribution >= 0.6 is 11.3 Å². The largest absolute Gasteiger partial charge is 0.477 e. The van der Waals surface area contributed by atoms with Gasteiger partial charge in [-0.3, -0.25) is 9.78 Å². The average Bonchev–Trinajstić information content (AvgIpc) is 3.44. The Morgan fingerprint density at radius 3 is 3.10 bits per heavy atom. The average molecular weight is 422 g/mol. The van der Waals surface area contributed by atoms with Gasteiger partial charge in [0, 0.05) is 25.4 Å². The maximum atomic E-state index is 12.9. The van der Waals surface area contributed by atoms with Crippen molar-refractivity contribution in [2.45, 2.75) is 13.0 Å². The number of thiazole rings is 1. The van der Waals surface area contributed by atoms with E-state index in [0.29, 0.717) is 33.4 Å². The molecule has 6 heterocycles. The second-order valence-electron chi connectivity index (χ2n) is 6.92. The number of nitrogens with zero attached hydrogens (tertiary/aromatic N) is 5. The van der Waals surface area contributed by atoms with Gasteiger partial charge >= 0.3 is 5.97 Å². The lowest BCUT2D eigenvalue weighted by Crippen LogP contribution is -2.14. The van der Waals surface area contributed by atoms with Crippen LogP contribution in [0, 0.1) is 0 Å². The summed E-state index contributed by atoms with van der Waals surface area (Å²) in [6.07, 6.45) is 5.99. The third-order valence-corrected chi connectivity index (χ3v) is 6.26. The molecule has 1 N–H and O–H groups in total. The number of carbonyl (C=O) groups excluding carboxylic acids is 1. The number of aromatic nitrogens is 6. The van der Waals surface area contributed by atoms with Crippen molar-refractivity contribution in [3.63, 3.8) is 0 Å². The topological polar surface area (TPSA) is 116 Å². The van der Waals surface area contributed by atoms with Gasteiger partial charge in [0.2, 0.25) is 5.88 Å². The van der Waals surface area contributed by atoms with Gasteiger partial charge in [0.25, 0.3) is 5.56 Å². The summed E-state index contributed by atoms with van der Waals surface area (Å²) in [5.74, 6) is 0.221. The lowest BCUT2D eigenvalue weighted by molar-refractivity contribution is 0.0600. The SMILES string of the molecule is COC(=O)c1cnc2c(c1)[nH]c(=O)c1c2nn2cc(-c3cnn4c3OCCC4)sc12. The first-order valence-electron chi connectivity index (χ1n) is 9.25. The van der Waals surface area contributed by atoms with Crippen molar-refractivity contribution in [1.29, 1.82) is 0 Å². The number of hydrogen-bond donors (Lipinski definition) is 1. The van der Waals surface area contributed by atoms with Gasteiger partial charge in [-0.05, 0) is 6.07 Å². The van der Waals surface area contributed by atoms with Crippen molar-refractivity contribution in [3.05, 3.63) is 40.6 Å². The number of esters is 1. The molecule has 0 unspecified atom stereocenters. The molecule has 10 nitrogen and oxygen atoms in total. The van der Waals surface area contributed by atoms with E-state index in [-0.39, 0.29) is 11.1 Å². The molecule has 6 rings (SSSR count). The van der Waals surface area contributed by atoms with Crippen LogP contribution in [0.2, 0.25) is 0 Å². The number of rotatable bonds is 2. The van der Waals surface area contributed by atoms with Crippen molar-refractivity contribution >= 4 is 44.1 Å². The zero-order valence-corrected chi connectivity index (χ0v) is 16.5. The first-order chi connectivity index (χ1) is 14.6.